The van der Waals surface area contributed by atoms with E-state index in [0.717, 1.165) is 22.5 Å². The van der Waals surface area contributed by atoms with E-state index in [1.807, 2.05) is 26.0 Å². The van der Waals surface area contributed by atoms with Crippen LogP contribution < -0.4 is 10.0 Å². The molecule has 0 fully saturated rings. The Morgan fingerprint density at radius 1 is 0.885 bits per heavy atom. The van der Waals surface area contributed by atoms with Gasteiger partial charge < -0.3 is 5.32 Å². The van der Waals surface area contributed by atoms with Crippen molar-refractivity contribution in [2.75, 3.05) is 10.0 Å². The van der Waals surface area contributed by atoms with Crippen LogP contribution in [0.25, 0.3) is 0 Å². The normalized spacial score (nSPS) is 11.2. The van der Waals surface area contributed by atoms with E-state index in [1.54, 1.807) is 18.3 Å². The fourth-order valence-electron chi connectivity index (χ4n) is 2.55. The van der Waals surface area contributed by atoms with E-state index in [0.29, 0.717) is 5.02 Å². The Morgan fingerprint density at radius 2 is 1.54 bits per heavy atom. The van der Waals surface area contributed by atoms with Crippen molar-refractivity contribution in [1.29, 1.82) is 0 Å². The molecule has 0 spiro atoms. The zero-order chi connectivity index (χ0) is 18.7. The van der Waals surface area contributed by atoms with Crippen LogP contribution in [-0.4, -0.2) is 13.4 Å². The average Bonchev–Trinajstić information content (AvgIpc) is 2.56. The van der Waals surface area contributed by atoms with Crippen molar-refractivity contribution in [2.24, 2.45) is 0 Å². The molecular weight excluding hydrogens is 370 g/mol. The van der Waals surface area contributed by atoms with Crippen LogP contribution in [0, 0.1) is 13.8 Å². The molecule has 0 atom stereocenters. The van der Waals surface area contributed by atoms with Crippen molar-refractivity contribution >= 4 is 38.8 Å². The highest BCUT2D eigenvalue weighted by Gasteiger charge is 2.14. The Balaban J connectivity index is 1.74. The van der Waals surface area contributed by atoms with E-state index in [9.17, 15) is 8.42 Å². The second kappa shape index (κ2) is 7.35. The van der Waals surface area contributed by atoms with Gasteiger partial charge in [0, 0.05) is 10.7 Å². The first kappa shape index (κ1) is 18.2. The Morgan fingerprint density at radius 3 is 2.12 bits per heavy atom. The van der Waals surface area contributed by atoms with Gasteiger partial charge in [-0.1, -0.05) is 17.7 Å². The molecular formula is C19H18ClN3O2S. The summed E-state index contributed by atoms with van der Waals surface area (Å²) in [6, 6.07) is 15.5. The van der Waals surface area contributed by atoms with Crippen LogP contribution in [-0.2, 0) is 10.0 Å². The van der Waals surface area contributed by atoms with Crippen molar-refractivity contribution in [3.63, 3.8) is 0 Å². The molecule has 2 aromatic carbocycles. The third kappa shape index (κ3) is 4.53. The number of halogens is 1. The summed E-state index contributed by atoms with van der Waals surface area (Å²) in [4.78, 5) is 4.30. The maximum atomic E-state index is 12.4. The first-order valence-electron chi connectivity index (χ1n) is 7.92. The SMILES string of the molecule is Cc1cc(C)cc(Nc2ccc(NS(=O)(=O)c3ccc(Cl)cc3)nc2)c1. The van der Waals surface area contributed by atoms with Gasteiger partial charge in [-0.3, -0.25) is 4.72 Å². The van der Waals surface area contributed by atoms with Gasteiger partial charge in [0.2, 0.25) is 0 Å². The predicted octanol–water partition coefficient (Wildman–Crippen LogP) is 4.90. The predicted molar refractivity (Wildman–Crippen MR) is 106 cm³/mol. The number of hydrogen-bond acceptors (Lipinski definition) is 4. The van der Waals surface area contributed by atoms with Gasteiger partial charge in [0.1, 0.15) is 5.82 Å². The first-order valence-corrected chi connectivity index (χ1v) is 9.78. The second-order valence-corrected chi connectivity index (χ2v) is 8.11. The van der Waals surface area contributed by atoms with Crippen LogP contribution in [0.5, 0.6) is 0 Å². The van der Waals surface area contributed by atoms with E-state index in [2.05, 4.69) is 21.1 Å². The van der Waals surface area contributed by atoms with Crippen molar-refractivity contribution in [2.45, 2.75) is 18.7 Å². The lowest BCUT2D eigenvalue weighted by Gasteiger charge is -2.10. The third-order valence-corrected chi connectivity index (χ3v) is 5.26. The molecule has 7 heteroatoms. The van der Waals surface area contributed by atoms with Gasteiger partial charge in [0.05, 0.1) is 16.8 Å². The molecule has 26 heavy (non-hydrogen) atoms. The van der Waals surface area contributed by atoms with Gasteiger partial charge in [-0.25, -0.2) is 13.4 Å². The van der Waals surface area contributed by atoms with Crippen LogP contribution in [0.1, 0.15) is 11.1 Å². The molecule has 3 rings (SSSR count). The summed E-state index contributed by atoms with van der Waals surface area (Å²) in [6.07, 6.45) is 1.58. The lowest BCUT2D eigenvalue weighted by Crippen LogP contribution is -2.13. The molecule has 0 aliphatic carbocycles. The summed E-state index contributed by atoms with van der Waals surface area (Å²) in [6.45, 7) is 4.07. The van der Waals surface area contributed by atoms with Gasteiger partial charge in [0.15, 0.2) is 0 Å². The van der Waals surface area contributed by atoms with E-state index in [-0.39, 0.29) is 10.7 Å². The maximum absolute atomic E-state index is 12.4. The smallest absolute Gasteiger partial charge is 0.263 e. The number of rotatable bonds is 5. The number of nitrogens with one attached hydrogen (secondary N) is 2. The van der Waals surface area contributed by atoms with Gasteiger partial charge >= 0.3 is 0 Å². The quantitative estimate of drug-likeness (QED) is 0.653. The van der Waals surface area contributed by atoms with Crippen molar-refractivity contribution in [3.8, 4) is 0 Å². The second-order valence-electron chi connectivity index (χ2n) is 5.99. The molecule has 0 unspecified atom stereocenters. The Labute approximate surface area is 158 Å². The van der Waals surface area contributed by atoms with Crippen LogP contribution in [0.3, 0.4) is 0 Å². The lowest BCUT2D eigenvalue weighted by atomic mass is 10.1. The number of aromatic nitrogens is 1. The highest BCUT2D eigenvalue weighted by atomic mass is 35.5. The monoisotopic (exact) mass is 387 g/mol. The van der Waals surface area contributed by atoms with Crippen molar-refractivity contribution in [3.05, 3.63) is 76.9 Å². The maximum Gasteiger partial charge on any atom is 0.263 e. The molecule has 2 N–H and O–H groups in total. The number of sulfonamides is 1. The Kier molecular flexibility index (Phi) is 5.15. The summed E-state index contributed by atoms with van der Waals surface area (Å²) in [5.74, 6) is 0.242. The number of nitrogens with zero attached hydrogens (tertiary/aromatic N) is 1. The lowest BCUT2D eigenvalue weighted by molar-refractivity contribution is 0.601. The average molecular weight is 388 g/mol. The number of pyridine rings is 1. The number of hydrogen-bond donors (Lipinski definition) is 2. The largest absolute Gasteiger partial charge is 0.354 e. The molecule has 3 aromatic rings. The third-order valence-electron chi connectivity index (χ3n) is 3.64. The van der Waals surface area contributed by atoms with Crippen LogP contribution in [0.4, 0.5) is 17.2 Å². The van der Waals surface area contributed by atoms with E-state index >= 15 is 0 Å². The topological polar surface area (TPSA) is 71.1 Å². The van der Waals surface area contributed by atoms with Crippen LogP contribution in [0.15, 0.2) is 65.7 Å². The summed E-state index contributed by atoms with van der Waals surface area (Å²) < 4.78 is 27.2. The zero-order valence-electron chi connectivity index (χ0n) is 14.3. The molecule has 134 valence electrons. The summed E-state index contributed by atoms with van der Waals surface area (Å²) >= 11 is 5.79. The van der Waals surface area contributed by atoms with Crippen molar-refractivity contribution in [1.82, 2.24) is 4.98 Å². The fourth-order valence-corrected chi connectivity index (χ4v) is 3.69. The van der Waals surface area contributed by atoms with Crippen LogP contribution >= 0.6 is 11.6 Å². The minimum Gasteiger partial charge on any atom is -0.354 e. The molecule has 5 nitrogen and oxygen atoms in total. The van der Waals surface area contributed by atoms with Gasteiger partial charge in [0.25, 0.3) is 10.0 Å². The van der Waals surface area contributed by atoms with E-state index in [1.165, 1.54) is 24.3 Å². The molecule has 0 amide bonds. The minimum atomic E-state index is -3.70. The fraction of sp³-hybridized carbons (Fsp3) is 0.105. The van der Waals surface area contributed by atoms with E-state index in [4.69, 9.17) is 11.6 Å². The summed E-state index contributed by atoms with van der Waals surface area (Å²) in [7, 11) is -3.70. The Bertz CT molecular complexity index is 997. The summed E-state index contributed by atoms with van der Waals surface area (Å²) in [5, 5.41) is 3.73. The molecule has 0 saturated heterocycles. The van der Waals surface area contributed by atoms with Crippen molar-refractivity contribution < 1.29 is 8.42 Å². The number of aryl methyl sites for hydroxylation is 2. The molecule has 0 saturated carbocycles. The van der Waals surface area contributed by atoms with E-state index < -0.39 is 10.0 Å². The highest BCUT2D eigenvalue weighted by Crippen LogP contribution is 2.21. The molecule has 0 bridgehead atoms. The number of benzene rings is 2. The highest BCUT2D eigenvalue weighted by molar-refractivity contribution is 7.92. The summed E-state index contributed by atoms with van der Waals surface area (Å²) in [5.41, 5.74) is 4.05. The standard InChI is InChI=1S/C19H18ClN3O2S/c1-13-9-14(2)11-17(10-13)22-16-5-8-19(21-12-16)23-26(24,25)18-6-3-15(20)4-7-18/h3-12,22H,1-2H3,(H,21,23). The number of anilines is 3. The first-order chi connectivity index (χ1) is 12.3. The van der Waals surface area contributed by atoms with Gasteiger partial charge in [-0.2, -0.15) is 0 Å². The van der Waals surface area contributed by atoms with Gasteiger partial charge in [-0.15, -0.1) is 0 Å². The Hall–Kier alpha value is -2.57. The van der Waals surface area contributed by atoms with Gasteiger partial charge in [-0.05, 0) is 73.5 Å². The molecule has 0 aliphatic rings. The molecule has 0 aliphatic heterocycles. The molecule has 1 heterocycles. The molecule has 1 aromatic heterocycles. The van der Waals surface area contributed by atoms with Crippen LogP contribution in [0.2, 0.25) is 5.02 Å². The zero-order valence-corrected chi connectivity index (χ0v) is 15.9. The molecule has 0 radical (unpaired) electrons. The minimum absolute atomic E-state index is 0.126.